The monoisotopic (exact) mass is 267 g/mol. The molecule has 1 N–H and O–H groups in total. The van der Waals surface area contributed by atoms with Crippen molar-refractivity contribution in [1.82, 2.24) is 15.1 Å². The molecule has 2 fully saturated rings. The minimum Gasteiger partial charge on any atom is -0.316 e. The quantitative estimate of drug-likeness (QED) is 0.713. The number of nitrogens with one attached hydrogen (secondary N) is 1. The van der Waals surface area contributed by atoms with E-state index >= 15 is 0 Å². The molecule has 2 heterocycles. The molecule has 2 saturated heterocycles. The number of hydrogen-bond donors (Lipinski definition) is 1. The van der Waals surface area contributed by atoms with Gasteiger partial charge in [-0.05, 0) is 57.3 Å². The fraction of sp³-hybridized carbons (Fsp3) is 1.00. The normalized spacial score (nSPS) is 26.4. The fourth-order valence-corrected chi connectivity index (χ4v) is 3.63. The summed E-state index contributed by atoms with van der Waals surface area (Å²) in [5.74, 6) is 0. The first kappa shape index (κ1) is 15.3. The Morgan fingerprint density at radius 3 is 2.58 bits per heavy atom. The highest BCUT2D eigenvalue weighted by Crippen LogP contribution is 2.24. The molecule has 0 aromatic heterocycles. The van der Waals surface area contributed by atoms with Crippen LogP contribution in [-0.2, 0) is 0 Å². The van der Waals surface area contributed by atoms with Gasteiger partial charge in [-0.1, -0.05) is 20.8 Å². The molecule has 3 heteroatoms. The molecule has 112 valence electrons. The third-order valence-corrected chi connectivity index (χ3v) is 4.59. The Morgan fingerprint density at radius 1 is 1.16 bits per heavy atom. The van der Waals surface area contributed by atoms with Crippen LogP contribution in [0.3, 0.4) is 0 Å². The van der Waals surface area contributed by atoms with Gasteiger partial charge in [0.05, 0.1) is 0 Å². The second kappa shape index (κ2) is 7.05. The molecule has 19 heavy (non-hydrogen) atoms. The van der Waals surface area contributed by atoms with Gasteiger partial charge in [-0.3, -0.25) is 4.90 Å². The van der Waals surface area contributed by atoms with Crippen molar-refractivity contribution in [3.63, 3.8) is 0 Å². The van der Waals surface area contributed by atoms with Gasteiger partial charge in [0.1, 0.15) is 0 Å². The molecule has 3 nitrogen and oxygen atoms in total. The van der Waals surface area contributed by atoms with E-state index in [1.54, 1.807) is 0 Å². The molecular formula is C16H33N3. The zero-order valence-corrected chi connectivity index (χ0v) is 13.2. The van der Waals surface area contributed by atoms with Crippen LogP contribution in [-0.4, -0.2) is 61.7 Å². The third-order valence-electron chi connectivity index (χ3n) is 4.59. The molecule has 0 saturated carbocycles. The summed E-state index contributed by atoms with van der Waals surface area (Å²) in [5, 5.41) is 3.58. The van der Waals surface area contributed by atoms with Crippen LogP contribution in [0.5, 0.6) is 0 Å². The van der Waals surface area contributed by atoms with E-state index < -0.39 is 0 Å². The minimum absolute atomic E-state index is 0.398. The third kappa shape index (κ3) is 4.73. The van der Waals surface area contributed by atoms with Crippen molar-refractivity contribution in [3.05, 3.63) is 0 Å². The van der Waals surface area contributed by atoms with E-state index in [9.17, 15) is 0 Å². The number of nitrogens with zero attached hydrogens (tertiary/aromatic N) is 2. The van der Waals surface area contributed by atoms with E-state index in [-0.39, 0.29) is 0 Å². The summed E-state index contributed by atoms with van der Waals surface area (Å²) in [6.45, 7) is 15.9. The Morgan fingerprint density at radius 2 is 1.89 bits per heavy atom. The molecule has 2 aliphatic heterocycles. The average molecular weight is 267 g/mol. The first-order chi connectivity index (χ1) is 9.11. The van der Waals surface area contributed by atoms with Crippen LogP contribution in [0.1, 0.15) is 46.5 Å². The lowest BCUT2D eigenvalue weighted by Gasteiger charge is -2.31. The Balaban J connectivity index is 1.71. The molecule has 0 aromatic rings. The first-order valence-corrected chi connectivity index (χ1v) is 8.28. The summed E-state index contributed by atoms with van der Waals surface area (Å²) in [4.78, 5) is 5.42. The van der Waals surface area contributed by atoms with Gasteiger partial charge in [-0.15, -0.1) is 0 Å². The predicted molar refractivity (Wildman–Crippen MR) is 82.6 cm³/mol. The molecule has 1 atom stereocenters. The van der Waals surface area contributed by atoms with Crippen molar-refractivity contribution in [1.29, 1.82) is 0 Å². The summed E-state index contributed by atoms with van der Waals surface area (Å²) in [5.41, 5.74) is 0.398. The second-order valence-corrected chi connectivity index (χ2v) is 7.26. The topological polar surface area (TPSA) is 18.5 Å². The van der Waals surface area contributed by atoms with Crippen molar-refractivity contribution in [2.75, 3.05) is 45.8 Å². The van der Waals surface area contributed by atoms with E-state index in [4.69, 9.17) is 0 Å². The molecule has 2 aliphatic rings. The Hall–Kier alpha value is -0.120. The fourth-order valence-electron chi connectivity index (χ4n) is 3.63. The van der Waals surface area contributed by atoms with E-state index in [2.05, 4.69) is 35.9 Å². The Bertz CT molecular complexity index is 259. The van der Waals surface area contributed by atoms with Crippen LogP contribution in [0.25, 0.3) is 0 Å². The summed E-state index contributed by atoms with van der Waals surface area (Å²) >= 11 is 0. The lowest BCUT2D eigenvalue weighted by molar-refractivity contribution is 0.182. The van der Waals surface area contributed by atoms with Crippen LogP contribution in [0.2, 0.25) is 0 Å². The highest BCUT2D eigenvalue weighted by Gasteiger charge is 2.31. The van der Waals surface area contributed by atoms with Crippen LogP contribution in [0.4, 0.5) is 0 Å². The highest BCUT2D eigenvalue weighted by molar-refractivity contribution is 4.88. The standard InChI is InChI=1S/C16H33N3/c1-4-8-17-13-16(2,3)14-18-11-7-15(12-18)19-9-5-6-10-19/h15,17H,4-14H2,1-3H3. The molecule has 2 rings (SSSR count). The molecular weight excluding hydrogens is 234 g/mol. The average Bonchev–Trinajstić information content (AvgIpc) is 2.98. The molecule has 0 bridgehead atoms. The van der Waals surface area contributed by atoms with E-state index in [1.165, 1.54) is 58.4 Å². The lowest BCUT2D eigenvalue weighted by Crippen LogP contribution is -2.41. The van der Waals surface area contributed by atoms with Gasteiger partial charge < -0.3 is 10.2 Å². The van der Waals surface area contributed by atoms with Crippen molar-refractivity contribution in [2.45, 2.75) is 52.5 Å². The van der Waals surface area contributed by atoms with Gasteiger partial charge >= 0.3 is 0 Å². The van der Waals surface area contributed by atoms with Crippen molar-refractivity contribution in [2.24, 2.45) is 5.41 Å². The van der Waals surface area contributed by atoms with Crippen molar-refractivity contribution in [3.8, 4) is 0 Å². The summed E-state index contributed by atoms with van der Waals surface area (Å²) in [6.07, 6.45) is 5.46. The van der Waals surface area contributed by atoms with Crippen molar-refractivity contribution >= 4 is 0 Å². The number of rotatable bonds is 7. The van der Waals surface area contributed by atoms with Gasteiger partial charge in [0.25, 0.3) is 0 Å². The maximum Gasteiger partial charge on any atom is 0.0235 e. The largest absolute Gasteiger partial charge is 0.316 e. The summed E-state index contributed by atoms with van der Waals surface area (Å²) in [6, 6.07) is 0.849. The molecule has 0 radical (unpaired) electrons. The molecule has 1 unspecified atom stereocenters. The zero-order chi connectivity index (χ0) is 13.7. The Labute approximate surface area is 119 Å². The summed E-state index contributed by atoms with van der Waals surface area (Å²) < 4.78 is 0. The minimum atomic E-state index is 0.398. The number of hydrogen-bond acceptors (Lipinski definition) is 3. The maximum absolute atomic E-state index is 3.58. The van der Waals surface area contributed by atoms with E-state index in [0.717, 1.165) is 19.1 Å². The first-order valence-electron chi connectivity index (χ1n) is 8.28. The van der Waals surface area contributed by atoms with Crippen LogP contribution < -0.4 is 5.32 Å². The molecule has 0 spiro atoms. The SMILES string of the molecule is CCCNCC(C)(C)CN1CCC(N2CCCC2)C1. The van der Waals surface area contributed by atoms with Gasteiger partial charge in [0.2, 0.25) is 0 Å². The lowest BCUT2D eigenvalue weighted by atomic mass is 9.92. The van der Waals surface area contributed by atoms with Crippen LogP contribution in [0, 0.1) is 5.41 Å². The van der Waals surface area contributed by atoms with E-state index in [0.29, 0.717) is 5.41 Å². The second-order valence-electron chi connectivity index (χ2n) is 7.26. The molecule has 0 aliphatic carbocycles. The van der Waals surface area contributed by atoms with Gasteiger partial charge in [-0.25, -0.2) is 0 Å². The summed E-state index contributed by atoms with van der Waals surface area (Å²) in [7, 11) is 0. The molecule has 0 aromatic carbocycles. The smallest absolute Gasteiger partial charge is 0.0235 e. The van der Waals surface area contributed by atoms with Gasteiger partial charge in [0.15, 0.2) is 0 Å². The maximum atomic E-state index is 3.58. The Kier molecular flexibility index (Phi) is 5.67. The highest BCUT2D eigenvalue weighted by atomic mass is 15.3. The number of likely N-dealkylation sites (tertiary alicyclic amines) is 2. The predicted octanol–water partition coefficient (Wildman–Crippen LogP) is 2.18. The van der Waals surface area contributed by atoms with Gasteiger partial charge in [0, 0.05) is 25.7 Å². The van der Waals surface area contributed by atoms with E-state index in [1.807, 2.05) is 0 Å². The van der Waals surface area contributed by atoms with Crippen LogP contribution in [0.15, 0.2) is 0 Å². The van der Waals surface area contributed by atoms with Crippen molar-refractivity contribution < 1.29 is 0 Å². The van der Waals surface area contributed by atoms with Crippen LogP contribution >= 0.6 is 0 Å². The zero-order valence-electron chi connectivity index (χ0n) is 13.2. The van der Waals surface area contributed by atoms with Gasteiger partial charge in [-0.2, -0.15) is 0 Å². The molecule has 0 amide bonds.